The van der Waals surface area contributed by atoms with Gasteiger partial charge >= 0.3 is 5.97 Å². The molecule has 0 saturated carbocycles. The van der Waals surface area contributed by atoms with Crippen molar-refractivity contribution >= 4 is 5.97 Å². The molecule has 1 heterocycles. The number of aryl methyl sites for hydroxylation is 1. The second kappa shape index (κ2) is 4.66. The van der Waals surface area contributed by atoms with Gasteiger partial charge in [0.05, 0.1) is 5.56 Å². The number of ether oxygens (including phenoxy) is 1. The van der Waals surface area contributed by atoms with Crippen LogP contribution in [0.1, 0.15) is 28.4 Å². The van der Waals surface area contributed by atoms with Crippen LogP contribution in [-0.4, -0.2) is 25.7 Å². The molecular formula is C13H17NO2. The Morgan fingerprint density at radius 3 is 3.00 bits per heavy atom. The van der Waals surface area contributed by atoms with E-state index in [0.717, 1.165) is 18.4 Å². The Kier molecular flexibility index (Phi) is 3.25. The van der Waals surface area contributed by atoms with Gasteiger partial charge in [-0.15, -0.1) is 0 Å². The molecule has 0 amide bonds. The van der Waals surface area contributed by atoms with Gasteiger partial charge in [-0.2, -0.15) is 0 Å². The van der Waals surface area contributed by atoms with Crippen LogP contribution in [0.25, 0.3) is 0 Å². The van der Waals surface area contributed by atoms with Crippen molar-refractivity contribution < 1.29 is 9.53 Å². The van der Waals surface area contributed by atoms with Crippen molar-refractivity contribution in [3.05, 3.63) is 34.9 Å². The van der Waals surface area contributed by atoms with E-state index in [-0.39, 0.29) is 12.1 Å². The first kappa shape index (κ1) is 11.1. The average Bonchev–Trinajstić information content (AvgIpc) is 2.29. The Morgan fingerprint density at radius 1 is 1.50 bits per heavy atom. The summed E-state index contributed by atoms with van der Waals surface area (Å²) >= 11 is 0. The average molecular weight is 219 g/mol. The standard InChI is InChI=1S/C13H17NO2/c1-3-9-5-4-6-11-12(9)7-10(8-14-2)16-13(11)15/h4-6,10,14H,3,7-8H2,1-2H3. The summed E-state index contributed by atoms with van der Waals surface area (Å²) in [5.74, 6) is -0.184. The van der Waals surface area contributed by atoms with Crippen molar-refractivity contribution in [3.8, 4) is 0 Å². The number of carbonyl (C=O) groups excluding carboxylic acids is 1. The summed E-state index contributed by atoms with van der Waals surface area (Å²) in [6, 6.07) is 5.87. The van der Waals surface area contributed by atoms with Gasteiger partial charge in [0.15, 0.2) is 0 Å². The molecule has 86 valence electrons. The van der Waals surface area contributed by atoms with Crippen LogP contribution in [0, 0.1) is 0 Å². The van der Waals surface area contributed by atoms with E-state index < -0.39 is 0 Å². The van der Waals surface area contributed by atoms with Crippen molar-refractivity contribution in [2.45, 2.75) is 25.9 Å². The van der Waals surface area contributed by atoms with Crippen LogP contribution in [0.5, 0.6) is 0 Å². The van der Waals surface area contributed by atoms with Crippen LogP contribution in [-0.2, 0) is 17.6 Å². The molecule has 1 N–H and O–H groups in total. The van der Waals surface area contributed by atoms with Gasteiger partial charge in [0.25, 0.3) is 0 Å². The van der Waals surface area contributed by atoms with Crippen LogP contribution in [0.4, 0.5) is 0 Å². The summed E-state index contributed by atoms with van der Waals surface area (Å²) in [6.07, 6.45) is 1.76. The third kappa shape index (κ3) is 1.95. The van der Waals surface area contributed by atoms with E-state index in [1.807, 2.05) is 19.2 Å². The van der Waals surface area contributed by atoms with Crippen molar-refractivity contribution in [2.24, 2.45) is 0 Å². The Morgan fingerprint density at radius 2 is 2.31 bits per heavy atom. The molecule has 0 fully saturated rings. The number of rotatable bonds is 3. The van der Waals surface area contributed by atoms with Gasteiger partial charge in [0.1, 0.15) is 6.10 Å². The Balaban J connectivity index is 2.35. The first-order valence-corrected chi connectivity index (χ1v) is 5.72. The van der Waals surface area contributed by atoms with Crippen molar-refractivity contribution in [3.63, 3.8) is 0 Å². The Hall–Kier alpha value is -1.35. The highest BCUT2D eigenvalue weighted by molar-refractivity contribution is 5.92. The van der Waals surface area contributed by atoms with Crippen molar-refractivity contribution in [2.75, 3.05) is 13.6 Å². The minimum Gasteiger partial charge on any atom is -0.457 e. The normalized spacial score (nSPS) is 19.1. The lowest BCUT2D eigenvalue weighted by atomic mass is 9.92. The number of hydrogen-bond acceptors (Lipinski definition) is 3. The van der Waals surface area contributed by atoms with Crippen LogP contribution >= 0.6 is 0 Å². The number of carbonyl (C=O) groups is 1. The summed E-state index contributed by atoms with van der Waals surface area (Å²) in [5, 5.41) is 3.05. The minimum atomic E-state index is -0.184. The minimum absolute atomic E-state index is 0.0299. The number of likely N-dealkylation sites (N-methyl/N-ethyl adjacent to an activating group) is 1. The lowest BCUT2D eigenvalue weighted by molar-refractivity contribution is 0.0263. The van der Waals surface area contributed by atoms with E-state index >= 15 is 0 Å². The molecule has 0 spiro atoms. The summed E-state index contributed by atoms with van der Waals surface area (Å²) in [5.41, 5.74) is 3.17. The van der Waals surface area contributed by atoms with Gasteiger partial charge in [-0.25, -0.2) is 4.79 Å². The highest BCUT2D eigenvalue weighted by Gasteiger charge is 2.26. The molecule has 0 aromatic heterocycles. The summed E-state index contributed by atoms with van der Waals surface area (Å²) in [4.78, 5) is 11.8. The predicted octanol–water partition coefficient (Wildman–Crippen LogP) is 1.55. The number of cyclic esters (lactones) is 1. The largest absolute Gasteiger partial charge is 0.457 e. The van der Waals surface area contributed by atoms with Crippen molar-refractivity contribution in [1.29, 1.82) is 0 Å². The quantitative estimate of drug-likeness (QED) is 0.784. The first-order chi connectivity index (χ1) is 7.76. The van der Waals surface area contributed by atoms with Gasteiger partial charge in [-0.3, -0.25) is 0 Å². The maximum Gasteiger partial charge on any atom is 0.338 e. The van der Waals surface area contributed by atoms with Crippen molar-refractivity contribution in [1.82, 2.24) is 5.32 Å². The molecule has 0 bridgehead atoms. The molecule has 1 aromatic carbocycles. The van der Waals surface area contributed by atoms with E-state index in [0.29, 0.717) is 6.54 Å². The summed E-state index contributed by atoms with van der Waals surface area (Å²) in [7, 11) is 1.87. The van der Waals surface area contributed by atoms with Gasteiger partial charge in [-0.05, 0) is 30.7 Å². The zero-order valence-corrected chi connectivity index (χ0v) is 9.75. The van der Waals surface area contributed by atoms with Gasteiger partial charge in [-0.1, -0.05) is 19.1 Å². The molecule has 0 saturated heterocycles. The number of nitrogens with one attached hydrogen (secondary N) is 1. The summed E-state index contributed by atoms with van der Waals surface area (Å²) in [6.45, 7) is 2.83. The van der Waals surface area contributed by atoms with Crippen LogP contribution < -0.4 is 5.32 Å². The number of benzene rings is 1. The molecule has 1 unspecified atom stereocenters. The SMILES string of the molecule is CCc1cccc2c1CC(CNC)OC2=O. The van der Waals surface area contributed by atoms with Crippen LogP contribution in [0.3, 0.4) is 0 Å². The Labute approximate surface area is 95.8 Å². The Bertz CT molecular complexity index is 401. The zero-order chi connectivity index (χ0) is 11.5. The molecular weight excluding hydrogens is 202 g/mol. The smallest absolute Gasteiger partial charge is 0.338 e. The molecule has 1 atom stereocenters. The third-order valence-corrected chi connectivity index (χ3v) is 3.01. The van der Waals surface area contributed by atoms with E-state index in [4.69, 9.17) is 4.74 Å². The number of esters is 1. The molecule has 1 aromatic rings. The second-order valence-electron chi connectivity index (χ2n) is 4.09. The lowest BCUT2D eigenvalue weighted by Gasteiger charge is -2.26. The number of hydrogen-bond donors (Lipinski definition) is 1. The monoisotopic (exact) mass is 219 g/mol. The maximum absolute atomic E-state index is 11.8. The highest BCUT2D eigenvalue weighted by atomic mass is 16.5. The third-order valence-electron chi connectivity index (χ3n) is 3.01. The second-order valence-corrected chi connectivity index (χ2v) is 4.09. The molecule has 0 radical (unpaired) electrons. The maximum atomic E-state index is 11.8. The fourth-order valence-corrected chi connectivity index (χ4v) is 2.22. The fraction of sp³-hybridized carbons (Fsp3) is 0.462. The molecule has 0 aliphatic carbocycles. The number of fused-ring (bicyclic) bond motifs is 1. The van der Waals surface area contributed by atoms with Gasteiger partial charge in [0.2, 0.25) is 0 Å². The highest BCUT2D eigenvalue weighted by Crippen LogP contribution is 2.24. The zero-order valence-electron chi connectivity index (χ0n) is 9.75. The van der Waals surface area contributed by atoms with Gasteiger partial charge in [0, 0.05) is 13.0 Å². The van der Waals surface area contributed by atoms with Gasteiger partial charge < -0.3 is 10.1 Å². The fourth-order valence-electron chi connectivity index (χ4n) is 2.22. The molecule has 1 aliphatic rings. The van der Waals surface area contributed by atoms with E-state index in [1.165, 1.54) is 11.1 Å². The molecule has 3 nitrogen and oxygen atoms in total. The topological polar surface area (TPSA) is 38.3 Å². The molecule has 2 rings (SSSR count). The first-order valence-electron chi connectivity index (χ1n) is 5.72. The van der Waals surface area contributed by atoms with E-state index in [1.54, 1.807) is 0 Å². The predicted molar refractivity (Wildman–Crippen MR) is 62.7 cm³/mol. The molecule has 1 aliphatic heterocycles. The molecule has 3 heteroatoms. The van der Waals surface area contributed by atoms with Crippen LogP contribution in [0.15, 0.2) is 18.2 Å². The molecule has 16 heavy (non-hydrogen) atoms. The lowest BCUT2D eigenvalue weighted by Crippen LogP contribution is -2.35. The van der Waals surface area contributed by atoms with E-state index in [9.17, 15) is 4.79 Å². The van der Waals surface area contributed by atoms with E-state index in [2.05, 4.69) is 18.3 Å². The van der Waals surface area contributed by atoms with Crippen LogP contribution in [0.2, 0.25) is 0 Å². The summed E-state index contributed by atoms with van der Waals surface area (Å²) < 4.78 is 5.35.